The molecule has 0 bridgehead atoms. The van der Waals surface area contributed by atoms with Crippen LogP contribution < -0.4 is 5.32 Å². The maximum atomic E-state index is 12.7. The number of halogens is 1. The van der Waals surface area contributed by atoms with Crippen molar-refractivity contribution in [2.45, 2.75) is 45.7 Å². The van der Waals surface area contributed by atoms with Crippen LogP contribution in [0.1, 0.15) is 53.9 Å². The number of nitrogens with zero attached hydrogens (tertiary/aromatic N) is 3. The summed E-state index contributed by atoms with van der Waals surface area (Å²) >= 11 is 6.08. The van der Waals surface area contributed by atoms with Gasteiger partial charge in [-0.25, -0.2) is 9.97 Å². The second-order valence-electron chi connectivity index (χ2n) is 8.05. The smallest absolute Gasteiger partial charge is 0.270 e. The predicted molar refractivity (Wildman–Crippen MR) is 114 cm³/mol. The molecule has 6 nitrogen and oxygen atoms in total. The van der Waals surface area contributed by atoms with Gasteiger partial charge in [-0.3, -0.25) is 9.69 Å². The molecule has 0 spiro atoms. The largest absolute Gasteiger partial charge is 0.394 e. The molecular formula is C22H29ClN4O2. The Bertz CT molecular complexity index is 853. The fraction of sp³-hybridized carbons (Fsp3) is 0.500. The van der Waals surface area contributed by atoms with Crippen molar-refractivity contribution in [3.05, 3.63) is 58.1 Å². The molecule has 0 aliphatic carbocycles. The van der Waals surface area contributed by atoms with Gasteiger partial charge in [0.2, 0.25) is 0 Å². The third-order valence-electron chi connectivity index (χ3n) is 5.79. The second-order valence-corrected chi connectivity index (χ2v) is 8.49. The van der Waals surface area contributed by atoms with Crippen molar-refractivity contribution in [2.75, 3.05) is 19.7 Å². The number of likely N-dealkylation sites (tertiary alicyclic amines) is 1. The molecule has 7 heteroatoms. The van der Waals surface area contributed by atoms with Crippen molar-refractivity contribution in [1.29, 1.82) is 0 Å². The SMILES string of the molecule is CCN1[C@@H](c2ccc(Cl)cc2)[C@@H](CNC(=O)c2cc(C)nc(C)n2)C[C@@]1(C)CO. The van der Waals surface area contributed by atoms with Crippen LogP contribution in [0.25, 0.3) is 0 Å². The van der Waals surface area contributed by atoms with Crippen molar-refractivity contribution in [3.8, 4) is 0 Å². The minimum atomic E-state index is -0.337. The maximum Gasteiger partial charge on any atom is 0.270 e. The Labute approximate surface area is 177 Å². The van der Waals surface area contributed by atoms with Crippen LogP contribution in [0.5, 0.6) is 0 Å². The van der Waals surface area contributed by atoms with Crippen molar-refractivity contribution in [2.24, 2.45) is 5.92 Å². The lowest BCUT2D eigenvalue weighted by Crippen LogP contribution is -2.45. The first-order chi connectivity index (χ1) is 13.8. The number of aromatic nitrogens is 2. The molecule has 3 atom stereocenters. The van der Waals surface area contributed by atoms with Crippen LogP contribution in [0.15, 0.2) is 30.3 Å². The lowest BCUT2D eigenvalue weighted by atomic mass is 9.90. The van der Waals surface area contributed by atoms with Crippen LogP contribution in [-0.2, 0) is 0 Å². The average molecular weight is 417 g/mol. The quantitative estimate of drug-likeness (QED) is 0.755. The van der Waals surface area contributed by atoms with Crippen LogP contribution >= 0.6 is 11.6 Å². The van der Waals surface area contributed by atoms with Crippen molar-refractivity contribution in [1.82, 2.24) is 20.2 Å². The predicted octanol–water partition coefficient (Wildman–Crippen LogP) is 3.31. The molecule has 1 amide bonds. The van der Waals surface area contributed by atoms with Crippen LogP contribution in [0.3, 0.4) is 0 Å². The number of rotatable bonds is 6. The number of hydrogen-bond acceptors (Lipinski definition) is 5. The standard InChI is InChI=1S/C22H29ClN4O2/c1-5-27-20(16-6-8-18(23)9-7-16)17(11-22(27,4)13-28)12-24-21(29)19-10-14(2)25-15(3)26-19/h6-10,17,20,28H,5,11-13H2,1-4H3,(H,24,29)/t17-,20+,22+/m1/s1. The number of hydrogen-bond donors (Lipinski definition) is 2. The Morgan fingerprint density at radius 3 is 2.59 bits per heavy atom. The van der Waals surface area contributed by atoms with E-state index in [2.05, 4.69) is 34.0 Å². The van der Waals surface area contributed by atoms with E-state index >= 15 is 0 Å². The van der Waals surface area contributed by atoms with E-state index in [0.29, 0.717) is 23.1 Å². The van der Waals surface area contributed by atoms with Gasteiger partial charge in [0.1, 0.15) is 11.5 Å². The summed E-state index contributed by atoms with van der Waals surface area (Å²) < 4.78 is 0. The normalized spacial score (nSPS) is 24.6. The van der Waals surface area contributed by atoms with Gasteiger partial charge < -0.3 is 10.4 Å². The zero-order chi connectivity index (χ0) is 21.2. The second kappa shape index (κ2) is 8.78. The molecule has 2 aromatic rings. The molecule has 29 heavy (non-hydrogen) atoms. The van der Waals surface area contributed by atoms with Gasteiger partial charge in [0.15, 0.2) is 0 Å². The monoisotopic (exact) mass is 416 g/mol. The van der Waals surface area contributed by atoms with Crippen LogP contribution in [-0.4, -0.2) is 51.1 Å². The molecular weight excluding hydrogens is 388 g/mol. The van der Waals surface area contributed by atoms with Crippen LogP contribution in [0, 0.1) is 19.8 Å². The number of carbonyl (C=O) groups excluding carboxylic acids is 1. The molecule has 156 valence electrons. The van der Waals surface area contributed by atoms with Gasteiger partial charge in [0.25, 0.3) is 5.91 Å². The average Bonchev–Trinajstić information content (AvgIpc) is 2.98. The Morgan fingerprint density at radius 2 is 2.00 bits per heavy atom. The highest BCUT2D eigenvalue weighted by molar-refractivity contribution is 6.30. The molecule has 1 aliphatic rings. The van der Waals surface area contributed by atoms with Gasteiger partial charge in [-0.1, -0.05) is 30.7 Å². The van der Waals surface area contributed by atoms with Gasteiger partial charge in [0.05, 0.1) is 6.61 Å². The van der Waals surface area contributed by atoms with E-state index < -0.39 is 0 Å². The molecule has 0 saturated carbocycles. The molecule has 1 aliphatic heterocycles. The third kappa shape index (κ3) is 4.60. The third-order valence-corrected chi connectivity index (χ3v) is 6.05. The zero-order valence-electron chi connectivity index (χ0n) is 17.4. The van der Waals surface area contributed by atoms with Gasteiger partial charge in [-0.15, -0.1) is 0 Å². The van der Waals surface area contributed by atoms with E-state index in [-0.39, 0.29) is 30.0 Å². The summed E-state index contributed by atoms with van der Waals surface area (Å²) in [6, 6.07) is 9.63. The first-order valence-electron chi connectivity index (χ1n) is 10.0. The minimum absolute atomic E-state index is 0.0691. The number of likely N-dealkylation sites (N-methyl/N-ethyl adjacent to an activating group) is 1. The lowest BCUT2D eigenvalue weighted by molar-refractivity contribution is 0.0579. The maximum absolute atomic E-state index is 12.7. The zero-order valence-corrected chi connectivity index (χ0v) is 18.2. The molecule has 1 fully saturated rings. The van der Waals surface area contributed by atoms with Crippen molar-refractivity contribution < 1.29 is 9.90 Å². The minimum Gasteiger partial charge on any atom is -0.394 e. The highest BCUT2D eigenvalue weighted by Crippen LogP contribution is 2.46. The van der Waals surface area contributed by atoms with E-state index in [9.17, 15) is 9.90 Å². The first-order valence-corrected chi connectivity index (χ1v) is 10.4. The summed E-state index contributed by atoms with van der Waals surface area (Å²) in [7, 11) is 0. The van der Waals surface area contributed by atoms with E-state index in [4.69, 9.17) is 11.6 Å². The molecule has 0 unspecified atom stereocenters. The fourth-order valence-electron chi connectivity index (χ4n) is 4.56. The fourth-order valence-corrected chi connectivity index (χ4v) is 4.69. The number of aryl methyl sites for hydroxylation is 2. The Kier molecular flexibility index (Phi) is 6.56. The summed E-state index contributed by atoms with van der Waals surface area (Å²) in [6.45, 7) is 9.19. The van der Waals surface area contributed by atoms with Gasteiger partial charge in [0, 0.05) is 28.8 Å². The Hall–Kier alpha value is -2.02. The highest BCUT2D eigenvalue weighted by Gasteiger charge is 2.48. The molecule has 1 aromatic heterocycles. The number of benzene rings is 1. The Balaban J connectivity index is 1.83. The molecule has 0 radical (unpaired) electrons. The molecule has 2 N–H and O–H groups in total. The number of nitrogens with one attached hydrogen (secondary N) is 1. The van der Waals surface area contributed by atoms with Crippen molar-refractivity contribution >= 4 is 17.5 Å². The lowest BCUT2D eigenvalue weighted by Gasteiger charge is -2.37. The van der Waals surface area contributed by atoms with E-state index in [1.165, 1.54) is 0 Å². The number of aliphatic hydroxyl groups excluding tert-OH is 1. The van der Waals surface area contributed by atoms with Gasteiger partial charge >= 0.3 is 0 Å². The summed E-state index contributed by atoms with van der Waals surface area (Å²) in [5, 5.41) is 13.8. The van der Waals surface area contributed by atoms with E-state index in [1.807, 2.05) is 31.2 Å². The number of amides is 1. The topological polar surface area (TPSA) is 78.4 Å². The summed E-state index contributed by atoms with van der Waals surface area (Å²) in [5.74, 6) is 0.537. The summed E-state index contributed by atoms with van der Waals surface area (Å²) in [5.41, 5.74) is 1.96. The Morgan fingerprint density at radius 1 is 1.31 bits per heavy atom. The van der Waals surface area contributed by atoms with Gasteiger partial charge in [-0.05, 0) is 63.4 Å². The molecule has 2 heterocycles. The summed E-state index contributed by atoms with van der Waals surface area (Å²) in [4.78, 5) is 23.5. The first kappa shape index (κ1) is 21.7. The molecule has 1 saturated heterocycles. The van der Waals surface area contributed by atoms with Crippen LogP contribution in [0.2, 0.25) is 5.02 Å². The van der Waals surface area contributed by atoms with E-state index in [0.717, 1.165) is 24.2 Å². The molecule has 3 rings (SSSR count). The van der Waals surface area contributed by atoms with Crippen LogP contribution in [0.4, 0.5) is 0 Å². The number of carbonyl (C=O) groups is 1. The van der Waals surface area contributed by atoms with E-state index in [1.54, 1.807) is 13.0 Å². The van der Waals surface area contributed by atoms with Gasteiger partial charge in [-0.2, -0.15) is 0 Å². The summed E-state index contributed by atoms with van der Waals surface area (Å²) in [6.07, 6.45) is 0.784. The highest BCUT2D eigenvalue weighted by atomic mass is 35.5. The van der Waals surface area contributed by atoms with Crippen molar-refractivity contribution in [3.63, 3.8) is 0 Å². The molecule has 1 aromatic carbocycles. The number of aliphatic hydroxyl groups is 1.